The van der Waals surface area contributed by atoms with E-state index in [-0.39, 0.29) is 5.95 Å². The van der Waals surface area contributed by atoms with Gasteiger partial charge in [0.15, 0.2) is 0 Å². The van der Waals surface area contributed by atoms with Crippen molar-refractivity contribution in [2.24, 2.45) is 0 Å². The Morgan fingerprint density at radius 2 is 1.67 bits per heavy atom. The lowest BCUT2D eigenvalue weighted by atomic mass is 10.1. The number of nitrogens with two attached hydrogens (primary N) is 2. The molecule has 1 aromatic carbocycles. The van der Waals surface area contributed by atoms with E-state index in [1.54, 1.807) is 0 Å². The molecule has 0 radical (unpaired) electrons. The highest BCUT2D eigenvalue weighted by Gasteiger charge is 2.06. The van der Waals surface area contributed by atoms with Gasteiger partial charge in [-0.1, -0.05) is 6.07 Å². The van der Waals surface area contributed by atoms with Gasteiger partial charge in [-0.25, -0.2) is 0 Å². The second kappa shape index (κ2) is 3.27. The molecular weight excluding hydrogens is 190 g/mol. The summed E-state index contributed by atoms with van der Waals surface area (Å²) >= 11 is 0. The molecule has 0 unspecified atom stereocenters. The molecule has 0 atom stereocenters. The molecule has 78 valence electrons. The van der Waals surface area contributed by atoms with E-state index >= 15 is 0 Å². The highest BCUT2D eigenvalue weighted by atomic mass is 15.4. The van der Waals surface area contributed by atoms with E-state index in [1.165, 1.54) is 4.68 Å². The van der Waals surface area contributed by atoms with Crippen molar-refractivity contribution in [1.29, 1.82) is 0 Å². The maximum atomic E-state index is 5.68. The van der Waals surface area contributed by atoms with Crippen molar-refractivity contribution in [3.63, 3.8) is 0 Å². The first kappa shape index (κ1) is 9.51. The van der Waals surface area contributed by atoms with Gasteiger partial charge in [-0.05, 0) is 37.1 Å². The maximum absolute atomic E-state index is 5.68. The summed E-state index contributed by atoms with van der Waals surface area (Å²) in [5, 5.41) is 4.02. The minimum absolute atomic E-state index is 0.187. The zero-order valence-corrected chi connectivity index (χ0v) is 8.73. The molecule has 2 rings (SSSR count). The van der Waals surface area contributed by atoms with Crippen LogP contribution in [0.15, 0.2) is 18.2 Å². The second-order valence-electron chi connectivity index (χ2n) is 3.59. The van der Waals surface area contributed by atoms with Crippen molar-refractivity contribution in [3.8, 4) is 5.69 Å². The first-order valence-electron chi connectivity index (χ1n) is 4.63. The number of anilines is 2. The summed E-state index contributed by atoms with van der Waals surface area (Å²) in [6.45, 7) is 4.04. The van der Waals surface area contributed by atoms with Crippen LogP contribution >= 0.6 is 0 Å². The van der Waals surface area contributed by atoms with Crippen molar-refractivity contribution < 1.29 is 0 Å². The first-order chi connectivity index (χ1) is 7.06. The number of aromatic nitrogens is 3. The Morgan fingerprint density at radius 1 is 1.07 bits per heavy atom. The molecule has 0 amide bonds. The summed E-state index contributed by atoms with van der Waals surface area (Å²) in [6, 6.07) is 6.05. The number of hydrogen-bond donors (Lipinski definition) is 2. The lowest BCUT2D eigenvalue weighted by Gasteiger charge is -2.05. The van der Waals surface area contributed by atoms with Gasteiger partial charge in [-0.15, -0.1) is 5.10 Å². The molecule has 0 spiro atoms. The predicted molar refractivity (Wildman–Crippen MR) is 59.7 cm³/mol. The molecule has 0 saturated carbocycles. The van der Waals surface area contributed by atoms with Crippen LogP contribution in [0.4, 0.5) is 11.9 Å². The normalized spacial score (nSPS) is 10.5. The van der Waals surface area contributed by atoms with E-state index in [0.717, 1.165) is 16.8 Å². The SMILES string of the molecule is Cc1cc(C)cc(-n2nc(N)nc2N)c1. The summed E-state index contributed by atoms with van der Waals surface area (Å²) in [5.41, 5.74) is 14.3. The summed E-state index contributed by atoms with van der Waals surface area (Å²) in [7, 11) is 0. The predicted octanol–water partition coefficient (Wildman–Crippen LogP) is 1.05. The van der Waals surface area contributed by atoms with Crippen molar-refractivity contribution in [2.75, 3.05) is 11.5 Å². The molecule has 0 aliphatic heterocycles. The van der Waals surface area contributed by atoms with Gasteiger partial charge < -0.3 is 11.5 Å². The van der Waals surface area contributed by atoms with Gasteiger partial charge in [0.05, 0.1) is 5.69 Å². The van der Waals surface area contributed by atoms with Crippen LogP contribution in [-0.4, -0.2) is 14.8 Å². The molecule has 5 heteroatoms. The molecule has 1 heterocycles. The van der Waals surface area contributed by atoms with Crippen molar-refractivity contribution >= 4 is 11.9 Å². The number of nitrogen functional groups attached to an aromatic ring is 2. The van der Waals surface area contributed by atoms with Gasteiger partial charge in [0, 0.05) is 0 Å². The fourth-order valence-corrected chi connectivity index (χ4v) is 1.60. The van der Waals surface area contributed by atoms with E-state index in [2.05, 4.69) is 16.1 Å². The summed E-state index contributed by atoms with van der Waals surface area (Å²) < 4.78 is 1.54. The number of hydrogen-bond acceptors (Lipinski definition) is 4. The fraction of sp³-hybridized carbons (Fsp3) is 0.200. The number of rotatable bonds is 1. The smallest absolute Gasteiger partial charge is 0.241 e. The third kappa shape index (κ3) is 1.76. The molecule has 0 fully saturated rings. The van der Waals surface area contributed by atoms with Crippen molar-refractivity contribution in [2.45, 2.75) is 13.8 Å². The lowest BCUT2D eigenvalue weighted by molar-refractivity contribution is 0.892. The summed E-state index contributed by atoms with van der Waals surface area (Å²) in [5.74, 6) is 0.490. The van der Waals surface area contributed by atoms with Gasteiger partial charge in [0.2, 0.25) is 11.9 Å². The van der Waals surface area contributed by atoms with Crippen molar-refractivity contribution in [1.82, 2.24) is 14.8 Å². The molecule has 0 aliphatic rings. The van der Waals surface area contributed by atoms with Crippen LogP contribution in [0.3, 0.4) is 0 Å². The Labute approximate surface area is 87.7 Å². The van der Waals surface area contributed by atoms with E-state index < -0.39 is 0 Å². The summed E-state index contributed by atoms with van der Waals surface area (Å²) in [4.78, 5) is 3.85. The van der Waals surface area contributed by atoms with Crippen molar-refractivity contribution in [3.05, 3.63) is 29.3 Å². The Hall–Kier alpha value is -2.04. The third-order valence-electron chi connectivity index (χ3n) is 2.10. The minimum Gasteiger partial charge on any atom is -0.368 e. The zero-order chi connectivity index (χ0) is 11.0. The second-order valence-corrected chi connectivity index (χ2v) is 3.59. The highest BCUT2D eigenvalue weighted by Crippen LogP contribution is 2.15. The maximum Gasteiger partial charge on any atom is 0.241 e. The van der Waals surface area contributed by atoms with E-state index in [1.807, 2.05) is 26.0 Å². The molecule has 1 aromatic heterocycles. The molecule has 5 nitrogen and oxygen atoms in total. The van der Waals surface area contributed by atoms with Crippen LogP contribution in [0, 0.1) is 13.8 Å². The molecule has 0 aliphatic carbocycles. The largest absolute Gasteiger partial charge is 0.368 e. The Morgan fingerprint density at radius 3 is 2.13 bits per heavy atom. The number of nitrogens with zero attached hydrogens (tertiary/aromatic N) is 3. The first-order valence-corrected chi connectivity index (χ1v) is 4.63. The van der Waals surface area contributed by atoms with Crippen LogP contribution < -0.4 is 11.5 Å². The van der Waals surface area contributed by atoms with Crippen LogP contribution in [-0.2, 0) is 0 Å². The van der Waals surface area contributed by atoms with Crippen LogP contribution in [0.5, 0.6) is 0 Å². The Bertz CT molecular complexity index is 480. The lowest BCUT2D eigenvalue weighted by Crippen LogP contribution is -2.03. The monoisotopic (exact) mass is 203 g/mol. The van der Waals surface area contributed by atoms with Crippen LogP contribution in [0.2, 0.25) is 0 Å². The van der Waals surface area contributed by atoms with Crippen LogP contribution in [0.25, 0.3) is 5.69 Å². The van der Waals surface area contributed by atoms with E-state index in [4.69, 9.17) is 11.5 Å². The fourth-order valence-electron chi connectivity index (χ4n) is 1.60. The average molecular weight is 203 g/mol. The Kier molecular flexibility index (Phi) is 2.07. The quantitative estimate of drug-likeness (QED) is 0.725. The molecular formula is C10H13N5. The third-order valence-corrected chi connectivity index (χ3v) is 2.10. The summed E-state index contributed by atoms with van der Waals surface area (Å²) in [6.07, 6.45) is 0. The van der Waals surface area contributed by atoms with Gasteiger partial charge in [-0.3, -0.25) is 0 Å². The average Bonchev–Trinajstić information content (AvgIpc) is 2.43. The molecule has 15 heavy (non-hydrogen) atoms. The standard InChI is InChI=1S/C10H13N5/c1-6-3-7(2)5-8(4-6)15-10(12)13-9(11)14-15/h3-5H,1-2H3,(H4,11,12,13,14). The van der Waals surface area contributed by atoms with Gasteiger partial charge >= 0.3 is 0 Å². The van der Waals surface area contributed by atoms with Crippen LogP contribution in [0.1, 0.15) is 11.1 Å². The molecule has 0 bridgehead atoms. The molecule has 0 saturated heterocycles. The van der Waals surface area contributed by atoms with E-state index in [0.29, 0.717) is 5.95 Å². The Balaban J connectivity index is 2.58. The minimum atomic E-state index is 0.187. The van der Waals surface area contributed by atoms with Gasteiger partial charge in [0.25, 0.3) is 0 Å². The highest BCUT2D eigenvalue weighted by molar-refractivity contribution is 5.44. The topological polar surface area (TPSA) is 82.8 Å². The van der Waals surface area contributed by atoms with Gasteiger partial charge in [0.1, 0.15) is 0 Å². The molecule has 2 aromatic rings. The number of aryl methyl sites for hydroxylation is 2. The van der Waals surface area contributed by atoms with Gasteiger partial charge in [-0.2, -0.15) is 9.67 Å². The molecule has 4 N–H and O–H groups in total. The zero-order valence-electron chi connectivity index (χ0n) is 8.73. The number of benzene rings is 1. The van der Waals surface area contributed by atoms with E-state index in [9.17, 15) is 0 Å².